The van der Waals surface area contributed by atoms with Gasteiger partial charge in [0, 0.05) is 43.5 Å². The van der Waals surface area contributed by atoms with Gasteiger partial charge in [-0.1, -0.05) is 5.16 Å². The molecule has 1 aliphatic heterocycles. The van der Waals surface area contributed by atoms with Gasteiger partial charge in [-0.2, -0.15) is 0 Å². The Balaban J connectivity index is 1.55. The molecule has 1 aromatic carbocycles. The van der Waals surface area contributed by atoms with Crippen LogP contribution in [0.3, 0.4) is 0 Å². The van der Waals surface area contributed by atoms with Crippen LogP contribution in [-0.2, 0) is 22.5 Å². The molecule has 31 heavy (non-hydrogen) atoms. The number of hydrogen-bond acceptors (Lipinski definition) is 6. The van der Waals surface area contributed by atoms with Crippen molar-refractivity contribution in [1.29, 1.82) is 0 Å². The zero-order chi connectivity index (χ0) is 21.7. The van der Waals surface area contributed by atoms with Gasteiger partial charge in [-0.15, -0.1) is 0 Å². The maximum atomic E-state index is 13.2. The molecule has 0 bridgehead atoms. The Morgan fingerprint density at radius 3 is 2.74 bits per heavy atom. The third kappa shape index (κ3) is 4.99. The van der Waals surface area contributed by atoms with Gasteiger partial charge < -0.3 is 9.26 Å². The summed E-state index contributed by atoms with van der Waals surface area (Å²) in [4.78, 5) is 19.4. The lowest BCUT2D eigenvalue weighted by Gasteiger charge is -2.40. The van der Waals surface area contributed by atoms with E-state index in [9.17, 15) is 9.18 Å². The van der Waals surface area contributed by atoms with Crippen molar-refractivity contribution < 1.29 is 18.4 Å². The van der Waals surface area contributed by atoms with Crippen LogP contribution in [0.2, 0.25) is 0 Å². The number of nitrogens with zero attached hydrogens (tertiary/aromatic N) is 3. The summed E-state index contributed by atoms with van der Waals surface area (Å²) < 4.78 is 24.3. The molecule has 1 aliphatic rings. The molecule has 0 aliphatic carbocycles. The van der Waals surface area contributed by atoms with E-state index >= 15 is 0 Å². The van der Waals surface area contributed by atoms with E-state index < -0.39 is 5.41 Å². The number of aromatic nitrogens is 2. The molecule has 6 nitrogen and oxygen atoms in total. The first-order valence-electron chi connectivity index (χ1n) is 10.6. The number of esters is 1. The van der Waals surface area contributed by atoms with Crippen molar-refractivity contribution in [2.75, 3.05) is 19.7 Å². The van der Waals surface area contributed by atoms with Crippen LogP contribution >= 0.6 is 0 Å². The molecule has 1 atom stereocenters. The smallest absolute Gasteiger partial charge is 0.313 e. The number of piperidine rings is 1. The molecule has 1 saturated heterocycles. The number of benzene rings is 1. The molecule has 4 rings (SSSR count). The summed E-state index contributed by atoms with van der Waals surface area (Å²) in [6, 6.07) is 11.9. The zero-order valence-electron chi connectivity index (χ0n) is 17.6. The molecule has 0 amide bonds. The van der Waals surface area contributed by atoms with Crippen LogP contribution < -0.4 is 0 Å². The summed E-state index contributed by atoms with van der Waals surface area (Å²) in [5, 5.41) is 4.13. The van der Waals surface area contributed by atoms with Crippen LogP contribution in [0.5, 0.6) is 0 Å². The SMILES string of the molecule is CCOC(=O)C1(Cc2cc(-c3ccc(F)cc3)no2)CCCN(Cc2ccncc2)C1. The zero-order valence-corrected chi connectivity index (χ0v) is 17.6. The standard InChI is InChI=1S/C24H26FN3O3/c1-2-30-23(29)24(10-3-13-28(17-24)16-18-8-11-26-12-9-18)15-21-14-22(27-31-21)19-4-6-20(25)7-5-19/h4-9,11-12,14H,2-3,10,13,15-17H2,1H3. The van der Waals surface area contributed by atoms with Gasteiger partial charge in [0.25, 0.3) is 0 Å². The van der Waals surface area contributed by atoms with Crippen LogP contribution in [0.4, 0.5) is 4.39 Å². The number of ether oxygens (including phenoxy) is 1. The molecule has 0 saturated carbocycles. The van der Waals surface area contributed by atoms with E-state index in [1.54, 1.807) is 24.5 Å². The predicted molar refractivity (Wildman–Crippen MR) is 113 cm³/mol. The Kier molecular flexibility index (Phi) is 6.42. The summed E-state index contributed by atoms with van der Waals surface area (Å²) in [7, 11) is 0. The number of likely N-dealkylation sites (tertiary alicyclic amines) is 1. The summed E-state index contributed by atoms with van der Waals surface area (Å²) in [6.07, 6.45) is 5.59. The molecule has 3 heterocycles. The number of rotatable bonds is 7. The minimum absolute atomic E-state index is 0.200. The van der Waals surface area contributed by atoms with Crippen LogP contribution in [0, 0.1) is 11.2 Å². The highest BCUT2D eigenvalue weighted by Gasteiger charge is 2.44. The van der Waals surface area contributed by atoms with Crippen LogP contribution in [-0.4, -0.2) is 40.7 Å². The lowest BCUT2D eigenvalue weighted by Crippen LogP contribution is -2.49. The molecule has 0 N–H and O–H groups in total. The minimum Gasteiger partial charge on any atom is -0.466 e. The fourth-order valence-corrected chi connectivity index (χ4v) is 4.26. The van der Waals surface area contributed by atoms with Crippen molar-refractivity contribution >= 4 is 5.97 Å². The largest absolute Gasteiger partial charge is 0.466 e. The fraction of sp³-hybridized carbons (Fsp3) is 0.375. The molecule has 2 aromatic heterocycles. The lowest BCUT2D eigenvalue weighted by molar-refractivity contribution is -0.159. The number of hydrogen-bond donors (Lipinski definition) is 0. The quantitative estimate of drug-likeness (QED) is 0.529. The molecular weight excluding hydrogens is 397 g/mol. The normalized spacial score (nSPS) is 19.3. The van der Waals surface area contributed by atoms with E-state index in [1.807, 2.05) is 25.1 Å². The predicted octanol–water partition coefficient (Wildman–Crippen LogP) is 4.26. The van der Waals surface area contributed by atoms with Crippen LogP contribution in [0.15, 0.2) is 59.4 Å². The first-order valence-corrected chi connectivity index (χ1v) is 10.6. The van der Waals surface area contributed by atoms with Gasteiger partial charge in [0.1, 0.15) is 17.3 Å². The van der Waals surface area contributed by atoms with Crippen LogP contribution in [0.1, 0.15) is 31.1 Å². The molecule has 162 valence electrons. The van der Waals surface area contributed by atoms with Crippen molar-refractivity contribution in [1.82, 2.24) is 15.0 Å². The minimum atomic E-state index is -0.694. The van der Waals surface area contributed by atoms with Gasteiger partial charge in [-0.05, 0) is 68.3 Å². The molecule has 1 unspecified atom stereocenters. The monoisotopic (exact) mass is 423 g/mol. The number of carbonyl (C=O) groups excluding carboxylic acids is 1. The maximum absolute atomic E-state index is 13.2. The maximum Gasteiger partial charge on any atom is 0.313 e. The average molecular weight is 423 g/mol. The summed E-state index contributed by atoms with van der Waals surface area (Å²) in [5.41, 5.74) is 1.86. The topological polar surface area (TPSA) is 68.5 Å². The van der Waals surface area contributed by atoms with Crippen molar-refractivity contribution in [3.8, 4) is 11.3 Å². The lowest BCUT2D eigenvalue weighted by atomic mass is 9.76. The van der Waals surface area contributed by atoms with Crippen LogP contribution in [0.25, 0.3) is 11.3 Å². The third-order valence-electron chi connectivity index (χ3n) is 5.73. The second-order valence-corrected chi connectivity index (χ2v) is 8.03. The van der Waals surface area contributed by atoms with E-state index in [1.165, 1.54) is 12.1 Å². The molecule has 0 spiro atoms. The molecule has 7 heteroatoms. The Hall–Kier alpha value is -3.06. The van der Waals surface area contributed by atoms with Gasteiger partial charge in [-0.25, -0.2) is 4.39 Å². The molecule has 3 aromatic rings. The van der Waals surface area contributed by atoms with Crippen molar-refractivity contribution in [3.05, 3.63) is 72.0 Å². The van der Waals surface area contributed by atoms with E-state index in [0.29, 0.717) is 31.0 Å². The van der Waals surface area contributed by atoms with Gasteiger partial charge in [-0.3, -0.25) is 14.7 Å². The van der Waals surface area contributed by atoms with Crippen molar-refractivity contribution in [3.63, 3.8) is 0 Å². The highest BCUT2D eigenvalue weighted by Crippen LogP contribution is 2.36. The Bertz CT molecular complexity index is 1010. The van der Waals surface area contributed by atoms with Gasteiger partial charge in [0.15, 0.2) is 0 Å². The molecule has 0 radical (unpaired) electrons. The van der Waals surface area contributed by atoms with E-state index in [4.69, 9.17) is 9.26 Å². The Morgan fingerprint density at radius 2 is 2.00 bits per heavy atom. The second kappa shape index (κ2) is 9.39. The molecule has 1 fully saturated rings. The summed E-state index contributed by atoms with van der Waals surface area (Å²) >= 11 is 0. The van der Waals surface area contributed by atoms with Gasteiger partial charge in [0.2, 0.25) is 0 Å². The summed E-state index contributed by atoms with van der Waals surface area (Å²) in [6.45, 7) is 4.41. The average Bonchev–Trinajstić information content (AvgIpc) is 3.23. The number of halogens is 1. The van der Waals surface area contributed by atoms with Gasteiger partial charge >= 0.3 is 5.97 Å². The van der Waals surface area contributed by atoms with E-state index in [-0.39, 0.29) is 11.8 Å². The highest BCUT2D eigenvalue weighted by molar-refractivity contribution is 5.77. The Morgan fingerprint density at radius 1 is 1.23 bits per heavy atom. The van der Waals surface area contributed by atoms with E-state index in [0.717, 1.165) is 37.1 Å². The van der Waals surface area contributed by atoms with Crippen molar-refractivity contribution in [2.45, 2.75) is 32.7 Å². The fourth-order valence-electron chi connectivity index (χ4n) is 4.26. The highest BCUT2D eigenvalue weighted by atomic mass is 19.1. The van der Waals surface area contributed by atoms with Gasteiger partial charge in [0.05, 0.1) is 12.0 Å². The third-order valence-corrected chi connectivity index (χ3v) is 5.73. The van der Waals surface area contributed by atoms with Crippen molar-refractivity contribution in [2.24, 2.45) is 5.41 Å². The summed E-state index contributed by atoms with van der Waals surface area (Å²) in [5.74, 6) is 0.123. The first kappa shape index (κ1) is 21.2. The second-order valence-electron chi connectivity index (χ2n) is 8.03. The Labute approximate surface area is 181 Å². The molecular formula is C24H26FN3O3. The first-order chi connectivity index (χ1) is 15.1. The number of carbonyl (C=O) groups is 1. The van der Waals surface area contributed by atoms with E-state index in [2.05, 4.69) is 15.0 Å². The number of pyridine rings is 1.